The van der Waals surface area contributed by atoms with Crippen LogP contribution in [0.15, 0.2) is 0 Å². The van der Waals surface area contributed by atoms with Crippen LogP contribution in [-0.4, -0.2) is 74.7 Å². The molecule has 2 unspecified atom stereocenters. The molecule has 2 atom stereocenters. The summed E-state index contributed by atoms with van der Waals surface area (Å²) in [5, 5.41) is 26.2. The molecule has 3 N–H and O–H groups in total. The van der Waals surface area contributed by atoms with Crippen molar-refractivity contribution < 1.29 is 20.1 Å². The summed E-state index contributed by atoms with van der Waals surface area (Å²) >= 11 is 0. The Morgan fingerprint density at radius 2 is 1.67 bits per heavy atom. The number of hydrogen-bond acceptors (Lipinski definition) is 4. The molecule has 0 aromatic rings. The van der Waals surface area contributed by atoms with E-state index in [1.54, 1.807) is 0 Å². The summed E-state index contributed by atoms with van der Waals surface area (Å²) in [6, 6.07) is 0. The van der Waals surface area contributed by atoms with E-state index in [2.05, 4.69) is 0 Å². The number of carboxylic acids is 1. The standard InChI is InChI=1S/C6H13NO4.Na.H/c1-4(8)7(5(2)9)3-6(10)11;;/h4-5,8-9H,3H2,1-2H3,(H,10,11);;. The van der Waals surface area contributed by atoms with Crippen molar-refractivity contribution in [2.75, 3.05) is 6.54 Å². The molecule has 0 heterocycles. The van der Waals surface area contributed by atoms with Crippen molar-refractivity contribution in [3.05, 3.63) is 0 Å². The maximum atomic E-state index is 10.2. The molecule has 0 radical (unpaired) electrons. The molecule has 0 amide bonds. The summed E-state index contributed by atoms with van der Waals surface area (Å²) in [5.41, 5.74) is 0. The number of aliphatic carboxylic acids is 1. The number of carbonyl (C=O) groups is 1. The molecule has 0 aliphatic rings. The molecule has 0 aromatic heterocycles. The SMILES string of the molecule is CC(O)N(CC(=O)O)C(C)O.[NaH]. The Labute approximate surface area is 93.3 Å². The van der Waals surface area contributed by atoms with Crippen LogP contribution in [0.2, 0.25) is 0 Å². The molecule has 68 valence electrons. The fourth-order valence-corrected chi connectivity index (χ4v) is 0.733. The van der Waals surface area contributed by atoms with Gasteiger partial charge in [0.05, 0.1) is 0 Å². The van der Waals surface area contributed by atoms with Gasteiger partial charge in [0.1, 0.15) is 19.0 Å². The van der Waals surface area contributed by atoms with Gasteiger partial charge in [-0.2, -0.15) is 0 Å². The fraction of sp³-hybridized carbons (Fsp3) is 0.833. The van der Waals surface area contributed by atoms with Crippen LogP contribution in [0.4, 0.5) is 0 Å². The van der Waals surface area contributed by atoms with E-state index in [0.717, 1.165) is 4.90 Å². The topological polar surface area (TPSA) is 81.0 Å². The van der Waals surface area contributed by atoms with Gasteiger partial charge in [0, 0.05) is 0 Å². The van der Waals surface area contributed by atoms with Crippen LogP contribution >= 0.6 is 0 Å². The molecule has 0 saturated carbocycles. The zero-order valence-electron chi connectivity index (χ0n) is 6.56. The first-order valence-electron chi connectivity index (χ1n) is 3.29. The maximum absolute atomic E-state index is 10.2. The molecular weight excluding hydrogens is 173 g/mol. The van der Waals surface area contributed by atoms with Crippen LogP contribution in [-0.2, 0) is 4.79 Å². The second-order valence-electron chi connectivity index (χ2n) is 2.33. The predicted molar refractivity (Wildman–Crippen MR) is 44.9 cm³/mol. The van der Waals surface area contributed by atoms with Gasteiger partial charge in [0.2, 0.25) is 0 Å². The van der Waals surface area contributed by atoms with Gasteiger partial charge in [-0.1, -0.05) is 0 Å². The first-order chi connectivity index (χ1) is 4.95. The Balaban J connectivity index is 0. The Hall–Kier alpha value is 0.350. The molecule has 0 aliphatic heterocycles. The van der Waals surface area contributed by atoms with E-state index in [4.69, 9.17) is 15.3 Å². The molecule has 0 aromatic carbocycles. The Kier molecular flexibility index (Phi) is 8.44. The first kappa shape index (κ1) is 14.9. The van der Waals surface area contributed by atoms with Crippen LogP contribution in [0.1, 0.15) is 13.8 Å². The molecule has 0 rings (SSSR count). The van der Waals surface area contributed by atoms with Crippen molar-refractivity contribution in [2.24, 2.45) is 0 Å². The molecular formula is C6H14NNaO4. The quantitative estimate of drug-likeness (QED) is 0.365. The van der Waals surface area contributed by atoms with Crippen molar-refractivity contribution >= 4 is 35.5 Å². The van der Waals surface area contributed by atoms with Crippen molar-refractivity contribution in [3.63, 3.8) is 0 Å². The van der Waals surface area contributed by atoms with E-state index < -0.39 is 18.4 Å². The number of hydrogen-bond donors (Lipinski definition) is 3. The van der Waals surface area contributed by atoms with Crippen LogP contribution in [0, 0.1) is 0 Å². The Bertz CT molecular complexity index is 132. The Morgan fingerprint density at radius 3 is 1.75 bits per heavy atom. The second kappa shape index (κ2) is 6.82. The first-order valence-corrected chi connectivity index (χ1v) is 3.29. The van der Waals surface area contributed by atoms with Crippen LogP contribution < -0.4 is 0 Å². The number of nitrogens with zero attached hydrogens (tertiary/aromatic N) is 1. The van der Waals surface area contributed by atoms with E-state index in [1.807, 2.05) is 0 Å². The van der Waals surface area contributed by atoms with Gasteiger partial charge in [0.25, 0.3) is 0 Å². The summed E-state index contributed by atoms with van der Waals surface area (Å²) < 4.78 is 0. The number of aliphatic hydroxyl groups is 2. The van der Waals surface area contributed by atoms with Gasteiger partial charge < -0.3 is 15.3 Å². The van der Waals surface area contributed by atoms with E-state index in [9.17, 15) is 4.79 Å². The van der Waals surface area contributed by atoms with E-state index in [1.165, 1.54) is 13.8 Å². The molecule has 0 aliphatic carbocycles. The average Bonchev–Trinajstić information content (AvgIpc) is 1.81. The average molecular weight is 187 g/mol. The minimum atomic E-state index is -1.08. The number of rotatable bonds is 4. The van der Waals surface area contributed by atoms with Crippen LogP contribution in [0.3, 0.4) is 0 Å². The predicted octanol–water partition coefficient (Wildman–Crippen LogP) is -1.60. The summed E-state index contributed by atoms with van der Waals surface area (Å²) in [6.45, 7) is 2.43. The van der Waals surface area contributed by atoms with Gasteiger partial charge in [-0.15, -0.1) is 0 Å². The van der Waals surface area contributed by atoms with Gasteiger partial charge >= 0.3 is 35.5 Å². The number of carboxylic acid groups (broad SMARTS) is 1. The van der Waals surface area contributed by atoms with Gasteiger partial charge in [-0.05, 0) is 13.8 Å². The normalized spacial score (nSPS) is 15.1. The monoisotopic (exact) mass is 187 g/mol. The minimum absolute atomic E-state index is 0. The molecule has 0 spiro atoms. The third-order valence-electron chi connectivity index (χ3n) is 1.28. The van der Waals surface area contributed by atoms with E-state index in [-0.39, 0.29) is 36.1 Å². The molecule has 0 fully saturated rings. The molecule has 5 nitrogen and oxygen atoms in total. The molecule has 12 heavy (non-hydrogen) atoms. The third-order valence-corrected chi connectivity index (χ3v) is 1.28. The summed E-state index contributed by atoms with van der Waals surface area (Å²) in [5.74, 6) is -1.08. The van der Waals surface area contributed by atoms with Gasteiger partial charge in [-0.3, -0.25) is 4.79 Å². The van der Waals surface area contributed by atoms with Crippen molar-refractivity contribution in [2.45, 2.75) is 26.3 Å². The van der Waals surface area contributed by atoms with Gasteiger partial charge in [-0.25, -0.2) is 4.90 Å². The molecule has 6 heteroatoms. The number of aliphatic hydroxyl groups excluding tert-OH is 2. The summed E-state index contributed by atoms with van der Waals surface area (Å²) in [7, 11) is 0. The molecule has 0 saturated heterocycles. The van der Waals surface area contributed by atoms with Crippen molar-refractivity contribution in [1.82, 2.24) is 4.90 Å². The zero-order chi connectivity index (χ0) is 9.02. The molecule has 0 bridgehead atoms. The Morgan fingerprint density at radius 1 is 1.33 bits per heavy atom. The van der Waals surface area contributed by atoms with Gasteiger partial charge in [0.15, 0.2) is 0 Å². The van der Waals surface area contributed by atoms with Crippen molar-refractivity contribution in [3.8, 4) is 0 Å². The van der Waals surface area contributed by atoms with Crippen LogP contribution in [0.5, 0.6) is 0 Å². The second-order valence-corrected chi connectivity index (χ2v) is 2.33. The van der Waals surface area contributed by atoms with Crippen molar-refractivity contribution in [1.29, 1.82) is 0 Å². The fourth-order valence-electron chi connectivity index (χ4n) is 0.733. The zero-order valence-corrected chi connectivity index (χ0v) is 6.56. The third kappa shape index (κ3) is 5.93. The van der Waals surface area contributed by atoms with E-state index >= 15 is 0 Å². The van der Waals surface area contributed by atoms with Crippen LogP contribution in [0.25, 0.3) is 0 Å². The summed E-state index contributed by atoms with van der Waals surface area (Å²) in [6.07, 6.45) is -1.91. The summed E-state index contributed by atoms with van der Waals surface area (Å²) in [4.78, 5) is 11.2. The van der Waals surface area contributed by atoms with E-state index in [0.29, 0.717) is 0 Å².